The van der Waals surface area contributed by atoms with E-state index in [2.05, 4.69) is 16.0 Å². The molecule has 2 rings (SSSR count). The van der Waals surface area contributed by atoms with E-state index in [0.717, 1.165) is 11.3 Å². The number of anilines is 2. The minimum atomic E-state index is -0.126. The van der Waals surface area contributed by atoms with Crippen LogP contribution in [0.25, 0.3) is 0 Å². The Kier molecular flexibility index (Phi) is 8.02. The summed E-state index contributed by atoms with van der Waals surface area (Å²) in [4.78, 5) is 23.7. The van der Waals surface area contributed by atoms with Crippen LogP contribution in [0.1, 0.15) is 33.3 Å². The molecule has 2 aromatic carbocycles. The number of carbonyl (C=O) groups is 2. The zero-order valence-corrected chi connectivity index (χ0v) is 16.9. The molecule has 150 valence electrons. The zero-order chi connectivity index (χ0) is 20.5. The van der Waals surface area contributed by atoms with Crippen molar-refractivity contribution >= 4 is 23.2 Å². The van der Waals surface area contributed by atoms with Crippen LogP contribution in [0.5, 0.6) is 5.75 Å². The Bertz CT molecular complexity index is 769. The molecule has 0 heterocycles. The van der Waals surface area contributed by atoms with Crippen molar-refractivity contribution in [1.82, 2.24) is 5.32 Å². The van der Waals surface area contributed by atoms with Crippen LogP contribution >= 0.6 is 0 Å². The van der Waals surface area contributed by atoms with Gasteiger partial charge in [-0.15, -0.1) is 0 Å². The van der Waals surface area contributed by atoms with Gasteiger partial charge in [0.15, 0.2) is 0 Å². The lowest BCUT2D eigenvalue weighted by Crippen LogP contribution is -2.27. The zero-order valence-electron chi connectivity index (χ0n) is 16.9. The Morgan fingerprint density at radius 3 is 1.96 bits per heavy atom. The second-order valence-corrected chi connectivity index (χ2v) is 7.18. The van der Waals surface area contributed by atoms with Gasteiger partial charge in [0.05, 0.1) is 12.6 Å². The number of carbonyl (C=O) groups excluding carboxylic acids is 2. The first kappa shape index (κ1) is 21.4. The van der Waals surface area contributed by atoms with Crippen LogP contribution < -0.4 is 20.7 Å². The van der Waals surface area contributed by atoms with E-state index in [-0.39, 0.29) is 30.4 Å². The maximum absolute atomic E-state index is 12.1. The fraction of sp³-hybridized carbons (Fsp3) is 0.364. The third-order valence-electron chi connectivity index (χ3n) is 3.87. The van der Waals surface area contributed by atoms with Crippen molar-refractivity contribution in [3.05, 3.63) is 54.1 Å². The Morgan fingerprint density at radius 1 is 0.857 bits per heavy atom. The van der Waals surface area contributed by atoms with Crippen LogP contribution in [-0.4, -0.2) is 24.5 Å². The van der Waals surface area contributed by atoms with Gasteiger partial charge in [-0.2, -0.15) is 0 Å². The predicted octanol–water partition coefficient (Wildman–Crippen LogP) is 3.80. The molecule has 0 fully saturated rings. The van der Waals surface area contributed by atoms with E-state index < -0.39 is 0 Å². The van der Waals surface area contributed by atoms with E-state index in [4.69, 9.17) is 4.74 Å². The Labute approximate surface area is 166 Å². The minimum absolute atomic E-state index is 0.0372. The van der Waals surface area contributed by atoms with E-state index in [1.54, 1.807) is 24.3 Å². The highest BCUT2D eigenvalue weighted by molar-refractivity contribution is 5.94. The number of nitrogens with one attached hydrogen (secondary N) is 3. The van der Waals surface area contributed by atoms with Gasteiger partial charge < -0.3 is 20.7 Å². The van der Waals surface area contributed by atoms with E-state index in [9.17, 15) is 9.59 Å². The topological polar surface area (TPSA) is 79.5 Å². The lowest BCUT2D eigenvalue weighted by molar-refractivity contribution is -0.119. The molecule has 0 radical (unpaired) electrons. The monoisotopic (exact) mass is 383 g/mol. The highest BCUT2D eigenvalue weighted by Gasteiger charge is 2.07. The van der Waals surface area contributed by atoms with Gasteiger partial charge in [0.2, 0.25) is 11.8 Å². The summed E-state index contributed by atoms with van der Waals surface area (Å²) < 4.78 is 5.61. The standard InChI is InChI=1S/C22H29N3O3/c1-15(2)22(27)25-19-9-7-18(8-10-19)24-21(26)14-23-13-17-5-11-20(12-6-17)28-16(3)4/h5-12,15-16,23H,13-14H2,1-4H3,(H,24,26)(H,25,27). The highest BCUT2D eigenvalue weighted by Crippen LogP contribution is 2.15. The van der Waals surface area contributed by atoms with Crippen molar-refractivity contribution in [1.29, 1.82) is 0 Å². The van der Waals surface area contributed by atoms with E-state index in [1.807, 2.05) is 52.0 Å². The maximum atomic E-state index is 12.1. The number of rotatable bonds is 9. The quantitative estimate of drug-likeness (QED) is 0.615. The molecule has 0 aliphatic rings. The first-order valence-corrected chi connectivity index (χ1v) is 9.50. The first-order valence-electron chi connectivity index (χ1n) is 9.50. The predicted molar refractivity (Wildman–Crippen MR) is 112 cm³/mol. The summed E-state index contributed by atoms with van der Waals surface area (Å²) in [6.07, 6.45) is 0.146. The van der Waals surface area contributed by atoms with Crippen molar-refractivity contribution in [3.8, 4) is 5.75 Å². The molecule has 0 bridgehead atoms. The molecule has 0 saturated carbocycles. The molecule has 0 aliphatic heterocycles. The fourth-order valence-electron chi connectivity index (χ4n) is 2.41. The van der Waals surface area contributed by atoms with E-state index >= 15 is 0 Å². The van der Waals surface area contributed by atoms with Crippen LogP contribution in [-0.2, 0) is 16.1 Å². The van der Waals surface area contributed by atoms with Crippen molar-refractivity contribution < 1.29 is 14.3 Å². The molecule has 3 N–H and O–H groups in total. The summed E-state index contributed by atoms with van der Waals surface area (Å²) >= 11 is 0. The van der Waals surface area contributed by atoms with Gasteiger partial charge in [-0.05, 0) is 55.8 Å². The first-order chi connectivity index (χ1) is 13.3. The lowest BCUT2D eigenvalue weighted by Gasteiger charge is -2.11. The van der Waals surface area contributed by atoms with Gasteiger partial charge in [-0.1, -0.05) is 26.0 Å². The number of amides is 2. The lowest BCUT2D eigenvalue weighted by atomic mass is 10.2. The van der Waals surface area contributed by atoms with E-state index in [1.165, 1.54) is 0 Å². The smallest absolute Gasteiger partial charge is 0.238 e. The number of hydrogen-bond donors (Lipinski definition) is 3. The highest BCUT2D eigenvalue weighted by atomic mass is 16.5. The van der Waals surface area contributed by atoms with Crippen LogP contribution in [0, 0.1) is 5.92 Å². The molecule has 6 heteroatoms. The van der Waals surface area contributed by atoms with Gasteiger partial charge in [-0.3, -0.25) is 9.59 Å². The van der Waals surface area contributed by atoms with Crippen LogP contribution in [0.15, 0.2) is 48.5 Å². The molecule has 0 spiro atoms. The van der Waals surface area contributed by atoms with Crippen molar-refractivity contribution in [2.24, 2.45) is 5.92 Å². The third-order valence-corrected chi connectivity index (χ3v) is 3.87. The summed E-state index contributed by atoms with van der Waals surface area (Å²) in [5, 5.41) is 8.77. The normalized spacial score (nSPS) is 10.8. The second-order valence-electron chi connectivity index (χ2n) is 7.18. The molecule has 0 unspecified atom stereocenters. The molecule has 2 amide bonds. The summed E-state index contributed by atoms with van der Waals surface area (Å²) in [7, 11) is 0. The Hall–Kier alpha value is -2.86. The molecule has 0 atom stereocenters. The van der Waals surface area contributed by atoms with Crippen molar-refractivity contribution in [2.45, 2.75) is 40.3 Å². The van der Waals surface area contributed by atoms with Gasteiger partial charge in [-0.25, -0.2) is 0 Å². The number of hydrogen-bond acceptors (Lipinski definition) is 4. The van der Waals surface area contributed by atoms with Gasteiger partial charge in [0, 0.05) is 23.8 Å². The number of benzene rings is 2. The molecule has 28 heavy (non-hydrogen) atoms. The fourth-order valence-corrected chi connectivity index (χ4v) is 2.41. The van der Waals surface area contributed by atoms with Gasteiger partial charge in [0.25, 0.3) is 0 Å². The molecule has 2 aromatic rings. The van der Waals surface area contributed by atoms with Crippen LogP contribution in [0.2, 0.25) is 0 Å². The molecular formula is C22H29N3O3. The molecule has 6 nitrogen and oxygen atoms in total. The van der Waals surface area contributed by atoms with Crippen LogP contribution in [0.4, 0.5) is 11.4 Å². The second kappa shape index (κ2) is 10.5. The minimum Gasteiger partial charge on any atom is -0.491 e. The van der Waals surface area contributed by atoms with Gasteiger partial charge in [0.1, 0.15) is 5.75 Å². The average molecular weight is 383 g/mol. The van der Waals surface area contributed by atoms with Crippen LogP contribution in [0.3, 0.4) is 0 Å². The maximum Gasteiger partial charge on any atom is 0.238 e. The summed E-state index contributed by atoms with van der Waals surface area (Å²) in [5.41, 5.74) is 2.47. The summed E-state index contributed by atoms with van der Waals surface area (Å²) in [6.45, 7) is 8.45. The summed E-state index contributed by atoms with van der Waals surface area (Å²) in [6, 6.07) is 14.9. The molecule has 0 saturated heterocycles. The molecule has 0 aromatic heterocycles. The van der Waals surface area contributed by atoms with Gasteiger partial charge >= 0.3 is 0 Å². The third kappa shape index (κ3) is 7.40. The molecule has 0 aliphatic carbocycles. The van der Waals surface area contributed by atoms with E-state index in [0.29, 0.717) is 17.9 Å². The Balaban J connectivity index is 1.74. The van der Waals surface area contributed by atoms with Crippen molar-refractivity contribution in [2.75, 3.05) is 17.2 Å². The van der Waals surface area contributed by atoms with Crippen molar-refractivity contribution in [3.63, 3.8) is 0 Å². The largest absolute Gasteiger partial charge is 0.491 e. The average Bonchev–Trinajstić information content (AvgIpc) is 2.64. The summed E-state index contributed by atoms with van der Waals surface area (Å²) in [5.74, 6) is 0.595. The number of ether oxygens (including phenoxy) is 1. The Morgan fingerprint density at radius 2 is 1.43 bits per heavy atom. The molecular weight excluding hydrogens is 354 g/mol. The SMILES string of the molecule is CC(C)Oc1ccc(CNCC(=O)Nc2ccc(NC(=O)C(C)C)cc2)cc1.